The summed E-state index contributed by atoms with van der Waals surface area (Å²) in [5.41, 5.74) is 0.984. The third-order valence-electron chi connectivity index (χ3n) is 3.21. The van der Waals surface area contributed by atoms with Crippen LogP contribution in [0, 0.1) is 17.5 Å². The molecule has 3 rings (SSSR count). The highest BCUT2D eigenvalue weighted by atomic mass is 35.5. The summed E-state index contributed by atoms with van der Waals surface area (Å²) in [6.45, 7) is 0. The molecule has 0 radical (unpaired) electrons. The lowest BCUT2D eigenvalue weighted by atomic mass is 10.1. The number of benzene rings is 1. The van der Waals surface area contributed by atoms with Crippen molar-refractivity contribution in [2.24, 2.45) is 0 Å². The normalized spacial score (nSPS) is 17.6. The van der Waals surface area contributed by atoms with Crippen molar-refractivity contribution in [2.45, 2.75) is 18.9 Å². The van der Waals surface area contributed by atoms with Crippen LogP contribution < -0.4 is 5.32 Å². The Labute approximate surface area is 117 Å². The number of rotatable bonds is 2. The number of hydrogen-bond acceptors (Lipinski definition) is 2. The van der Waals surface area contributed by atoms with Gasteiger partial charge in [-0.2, -0.15) is 0 Å². The number of thiophene rings is 1. The second kappa shape index (κ2) is 4.72. The summed E-state index contributed by atoms with van der Waals surface area (Å²) in [6, 6.07) is 3.85. The Balaban J connectivity index is 1.89. The average Bonchev–Trinajstić information content (AvgIpc) is 2.90. The molecule has 0 aliphatic heterocycles. The van der Waals surface area contributed by atoms with Crippen LogP contribution in [0.4, 0.5) is 18.9 Å². The van der Waals surface area contributed by atoms with Crippen LogP contribution in [0.1, 0.15) is 22.9 Å². The van der Waals surface area contributed by atoms with Crippen LogP contribution in [-0.4, -0.2) is 0 Å². The molecular formula is C13H9ClF3NS. The predicted molar refractivity (Wildman–Crippen MR) is 70.3 cm³/mol. The highest BCUT2D eigenvalue weighted by Crippen LogP contribution is 2.41. The molecule has 100 valence electrons. The Morgan fingerprint density at radius 2 is 2.00 bits per heavy atom. The van der Waals surface area contributed by atoms with Gasteiger partial charge in [-0.25, -0.2) is 13.2 Å². The summed E-state index contributed by atoms with van der Waals surface area (Å²) in [5.74, 6) is -3.82. The molecule has 1 unspecified atom stereocenters. The van der Waals surface area contributed by atoms with Crippen LogP contribution >= 0.6 is 22.9 Å². The summed E-state index contributed by atoms with van der Waals surface area (Å²) in [5, 5.41) is 2.91. The summed E-state index contributed by atoms with van der Waals surface area (Å²) in [7, 11) is 0. The molecule has 19 heavy (non-hydrogen) atoms. The molecule has 0 spiro atoms. The van der Waals surface area contributed by atoms with Gasteiger partial charge in [0.25, 0.3) is 0 Å². The van der Waals surface area contributed by atoms with Gasteiger partial charge in [-0.3, -0.25) is 0 Å². The van der Waals surface area contributed by atoms with E-state index in [2.05, 4.69) is 5.32 Å². The number of halogens is 4. The first-order valence-electron chi connectivity index (χ1n) is 5.74. The standard InChI is InChI=1S/C13H9ClF3NS/c14-11-5-6-8(3-4-10(6)19-11)18-9-2-1-7(15)12(16)13(9)17/h1-2,5,8,18H,3-4H2. The van der Waals surface area contributed by atoms with E-state index < -0.39 is 17.5 Å². The van der Waals surface area contributed by atoms with Crippen molar-refractivity contribution in [3.05, 3.63) is 50.4 Å². The fraction of sp³-hybridized carbons (Fsp3) is 0.231. The van der Waals surface area contributed by atoms with Crippen molar-refractivity contribution in [3.63, 3.8) is 0 Å². The van der Waals surface area contributed by atoms with Crippen LogP contribution in [0.15, 0.2) is 18.2 Å². The van der Waals surface area contributed by atoms with Gasteiger partial charge in [-0.05, 0) is 36.6 Å². The SMILES string of the molecule is Fc1ccc(NC2CCc3sc(Cl)cc32)c(F)c1F. The van der Waals surface area contributed by atoms with E-state index in [9.17, 15) is 13.2 Å². The van der Waals surface area contributed by atoms with Gasteiger partial charge in [-0.15, -0.1) is 11.3 Å². The molecule has 1 nitrogen and oxygen atoms in total. The molecule has 1 heterocycles. The highest BCUT2D eigenvalue weighted by Gasteiger charge is 2.26. The van der Waals surface area contributed by atoms with Crippen molar-refractivity contribution >= 4 is 28.6 Å². The van der Waals surface area contributed by atoms with E-state index >= 15 is 0 Å². The van der Waals surface area contributed by atoms with Gasteiger partial charge in [0.1, 0.15) is 0 Å². The van der Waals surface area contributed by atoms with Gasteiger partial charge in [0.05, 0.1) is 16.1 Å². The monoisotopic (exact) mass is 303 g/mol. The maximum absolute atomic E-state index is 13.6. The lowest BCUT2D eigenvalue weighted by molar-refractivity contribution is 0.448. The van der Waals surface area contributed by atoms with Crippen LogP contribution in [0.2, 0.25) is 4.34 Å². The van der Waals surface area contributed by atoms with Gasteiger partial charge < -0.3 is 5.32 Å². The molecule has 0 fully saturated rings. The van der Waals surface area contributed by atoms with Crippen LogP contribution in [0.25, 0.3) is 0 Å². The molecule has 0 saturated carbocycles. The third-order valence-corrected chi connectivity index (χ3v) is 4.55. The maximum atomic E-state index is 13.6. The Morgan fingerprint density at radius 1 is 1.21 bits per heavy atom. The molecule has 1 aromatic carbocycles. The van der Waals surface area contributed by atoms with Crippen LogP contribution in [0.3, 0.4) is 0 Å². The fourth-order valence-corrected chi connectivity index (χ4v) is 3.66. The van der Waals surface area contributed by atoms with Gasteiger partial charge in [0, 0.05) is 4.88 Å². The first-order chi connectivity index (χ1) is 9.06. The summed E-state index contributed by atoms with van der Waals surface area (Å²) >= 11 is 7.43. The van der Waals surface area contributed by atoms with Gasteiger partial charge in [-0.1, -0.05) is 11.6 Å². The summed E-state index contributed by atoms with van der Waals surface area (Å²) in [4.78, 5) is 1.16. The molecule has 1 aliphatic rings. The van der Waals surface area contributed by atoms with Gasteiger partial charge >= 0.3 is 0 Å². The minimum Gasteiger partial charge on any atom is -0.376 e. The summed E-state index contributed by atoms with van der Waals surface area (Å²) in [6.07, 6.45) is 1.65. The summed E-state index contributed by atoms with van der Waals surface area (Å²) < 4.78 is 40.3. The van der Waals surface area contributed by atoms with E-state index in [0.717, 1.165) is 29.3 Å². The Kier molecular flexibility index (Phi) is 3.19. The number of anilines is 1. The average molecular weight is 304 g/mol. The molecular weight excluding hydrogens is 295 g/mol. The molecule has 2 aromatic rings. The third kappa shape index (κ3) is 2.21. The lowest BCUT2D eigenvalue weighted by Crippen LogP contribution is -2.09. The van der Waals surface area contributed by atoms with Crippen molar-refractivity contribution in [2.75, 3.05) is 5.32 Å². The zero-order chi connectivity index (χ0) is 13.6. The van der Waals surface area contributed by atoms with E-state index in [1.807, 2.05) is 6.07 Å². The number of nitrogens with one attached hydrogen (secondary N) is 1. The van der Waals surface area contributed by atoms with E-state index in [-0.39, 0.29) is 11.7 Å². The molecule has 6 heteroatoms. The van der Waals surface area contributed by atoms with Crippen molar-refractivity contribution in [1.82, 2.24) is 0 Å². The minimum absolute atomic E-state index is 0.0286. The lowest BCUT2D eigenvalue weighted by Gasteiger charge is -2.15. The largest absolute Gasteiger partial charge is 0.376 e. The predicted octanol–water partition coefficient (Wildman–Crippen LogP) is 4.92. The zero-order valence-corrected chi connectivity index (χ0v) is 11.2. The topological polar surface area (TPSA) is 12.0 Å². The van der Waals surface area contributed by atoms with Crippen LogP contribution in [0.5, 0.6) is 0 Å². The van der Waals surface area contributed by atoms with Crippen molar-refractivity contribution in [3.8, 4) is 0 Å². The molecule has 0 amide bonds. The number of aryl methyl sites for hydroxylation is 1. The number of hydrogen-bond donors (Lipinski definition) is 1. The Morgan fingerprint density at radius 3 is 2.79 bits per heavy atom. The molecule has 1 aromatic heterocycles. The van der Waals surface area contributed by atoms with Crippen molar-refractivity contribution in [1.29, 1.82) is 0 Å². The molecule has 0 saturated heterocycles. The first-order valence-corrected chi connectivity index (χ1v) is 6.94. The number of fused-ring (bicyclic) bond motifs is 1. The second-order valence-electron chi connectivity index (χ2n) is 4.39. The van der Waals surface area contributed by atoms with E-state index in [1.54, 1.807) is 0 Å². The Hall–Kier alpha value is -1.20. The molecule has 0 bridgehead atoms. The Bertz CT molecular complexity index is 641. The highest BCUT2D eigenvalue weighted by molar-refractivity contribution is 7.16. The van der Waals surface area contributed by atoms with Crippen molar-refractivity contribution < 1.29 is 13.2 Å². The van der Waals surface area contributed by atoms with E-state index in [1.165, 1.54) is 17.4 Å². The van der Waals surface area contributed by atoms with Crippen LogP contribution in [-0.2, 0) is 6.42 Å². The quantitative estimate of drug-likeness (QED) is 0.777. The zero-order valence-electron chi connectivity index (χ0n) is 9.64. The second-order valence-corrected chi connectivity index (χ2v) is 6.16. The van der Waals surface area contributed by atoms with E-state index in [4.69, 9.17) is 11.6 Å². The first kappa shape index (κ1) is 12.8. The van der Waals surface area contributed by atoms with Gasteiger partial charge in [0.2, 0.25) is 0 Å². The smallest absolute Gasteiger partial charge is 0.196 e. The molecule has 1 N–H and O–H groups in total. The molecule has 1 atom stereocenters. The maximum Gasteiger partial charge on any atom is 0.196 e. The van der Waals surface area contributed by atoms with Gasteiger partial charge in [0.15, 0.2) is 17.5 Å². The van der Waals surface area contributed by atoms with E-state index in [0.29, 0.717) is 4.34 Å². The minimum atomic E-state index is -1.45. The molecule has 1 aliphatic carbocycles. The fourth-order valence-electron chi connectivity index (χ4n) is 2.31.